The lowest BCUT2D eigenvalue weighted by Crippen LogP contribution is -2.29. The van der Waals surface area contributed by atoms with Crippen molar-refractivity contribution in [2.24, 2.45) is 0 Å². The van der Waals surface area contributed by atoms with Gasteiger partial charge in [-0.3, -0.25) is 4.21 Å². The van der Waals surface area contributed by atoms with Crippen LogP contribution in [0.5, 0.6) is 0 Å². The summed E-state index contributed by atoms with van der Waals surface area (Å²) >= 11 is -2.13. The molecule has 0 aromatic carbocycles. The largest absolute Gasteiger partial charge is 0.760 e. The molecule has 0 heterocycles. The molecule has 1 unspecified atom stereocenters. The van der Waals surface area contributed by atoms with Gasteiger partial charge in [0.15, 0.2) is 0 Å². The van der Waals surface area contributed by atoms with Gasteiger partial charge in [-0.15, -0.1) is 0 Å². The van der Waals surface area contributed by atoms with Crippen LogP contribution in [0.1, 0.15) is 6.92 Å². The highest BCUT2D eigenvalue weighted by Gasteiger charge is 2.03. The molecule has 0 aliphatic heterocycles. The molecular formula is C5H12NO3S-. The summed E-state index contributed by atoms with van der Waals surface area (Å²) in [6.07, 6.45) is -0.0529. The zero-order chi connectivity index (χ0) is 8.15. The van der Waals surface area contributed by atoms with E-state index >= 15 is 0 Å². The fourth-order valence-electron chi connectivity index (χ4n) is 0.497. The first kappa shape index (κ1) is 10.0. The molecule has 0 radical (unpaired) electrons. The summed E-state index contributed by atoms with van der Waals surface area (Å²) in [6.45, 7) is 2.20. The van der Waals surface area contributed by atoms with Crippen LogP contribution < -0.4 is 0 Å². The van der Waals surface area contributed by atoms with Gasteiger partial charge in [0.2, 0.25) is 0 Å². The van der Waals surface area contributed by atoms with Crippen LogP contribution in [-0.4, -0.2) is 39.9 Å². The Morgan fingerprint density at radius 2 is 2.30 bits per heavy atom. The lowest BCUT2D eigenvalue weighted by Gasteiger charge is -2.21. The van der Waals surface area contributed by atoms with Crippen molar-refractivity contribution in [1.82, 2.24) is 4.31 Å². The van der Waals surface area contributed by atoms with E-state index in [0.29, 0.717) is 6.54 Å². The highest BCUT2D eigenvalue weighted by Crippen LogP contribution is 1.93. The molecule has 0 N–H and O–H groups in total. The third-order valence-electron chi connectivity index (χ3n) is 1.17. The second kappa shape index (κ2) is 4.79. The molecule has 62 valence electrons. The minimum atomic E-state index is -2.13. The molecule has 0 amide bonds. The number of methoxy groups -OCH3 is 1. The lowest BCUT2D eigenvalue weighted by atomic mass is 10.4. The van der Waals surface area contributed by atoms with Crippen LogP contribution in [0.4, 0.5) is 0 Å². The maximum atomic E-state index is 10.2. The number of nitrogens with zero attached hydrogens (tertiary/aromatic N) is 1. The molecule has 0 aliphatic carbocycles. The highest BCUT2D eigenvalue weighted by molar-refractivity contribution is 7.76. The van der Waals surface area contributed by atoms with Crippen LogP contribution in [0.25, 0.3) is 0 Å². The van der Waals surface area contributed by atoms with E-state index in [4.69, 9.17) is 4.74 Å². The summed E-state index contributed by atoms with van der Waals surface area (Å²) in [4.78, 5) is 0. The van der Waals surface area contributed by atoms with Crippen molar-refractivity contribution >= 4 is 11.3 Å². The normalized spacial score (nSPS) is 17.3. The summed E-state index contributed by atoms with van der Waals surface area (Å²) in [7, 11) is 3.05. The predicted octanol–water partition coefficient (Wildman–Crippen LogP) is -0.253. The van der Waals surface area contributed by atoms with Gasteiger partial charge in [0.05, 0.1) is 6.10 Å². The Morgan fingerprint density at radius 3 is 2.60 bits per heavy atom. The molecule has 0 rings (SSSR count). The Morgan fingerprint density at radius 1 is 1.80 bits per heavy atom. The van der Waals surface area contributed by atoms with Gasteiger partial charge in [-0.05, 0) is 14.0 Å². The number of likely N-dealkylation sites (N-methyl/N-ethyl adjacent to an activating group) is 1. The molecule has 2 atom stereocenters. The number of hydrogen-bond acceptors (Lipinski definition) is 3. The third-order valence-corrected chi connectivity index (χ3v) is 1.83. The van der Waals surface area contributed by atoms with E-state index in [1.807, 2.05) is 6.92 Å². The highest BCUT2D eigenvalue weighted by atomic mass is 32.2. The average Bonchev–Trinajstić information content (AvgIpc) is 1.87. The predicted molar refractivity (Wildman–Crippen MR) is 38.0 cm³/mol. The molecule has 0 saturated carbocycles. The molecule has 0 spiro atoms. The Bertz CT molecular complexity index is 119. The topological polar surface area (TPSA) is 52.6 Å². The Labute approximate surface area is 63.6 Å². The van der Waals surface area contributed by atoms with E-state index in [2.05, 4.69) is 0 Å². The minimum Gasteiger partial charge on any atom is -0.760 e. The summed E-state index contributed by atoms with van der Waals surface area (Å²) in [6, 6.07) is 0. The maximum absolute atomic E-state index is 10.2. The standard InChI is InChI=1S/C5H13NO3S/c1-5(9-3)4-6(2)10(7)8/h5H,4H2,1-3H3,(H,7,8)/p-1/t5-/m0/s1. The first-order valence-electron chi connectivity index (χ1n) is 2.91. The molecule has 0 aromatic heterocycles. The first-order valence-corrected chi connectivity index (χ1v) is 3.94. The van der Waals surface area contributed by atoms with E-state index in [-0.39, 0.29) is 6.10 Å². The van der Waals surface area contributed by atoms with Gasteiger partial charge in [-0.25, -0.2) is 4.31 Å². The average molecular weight is 166 g/mol. The van der Waals surface area contributed by atoms with Gasteiger partial charge in [0, 0.05) is 24.9 Å². The van der Waals surface area contributed by atoms with Crippen molar-refractivity contribution in [3.63, 3.8) is 0 Å². The SMILES string of the molecule is CO[C@@H](C)CN(C)S(=O)[O-]. The zero-order valence-electron chi connectivity index (χ0n) is 6.36. The fraction of sp³-hybridized carbons (Fsp3) is 1.00. The van der Waals surface area contributed by atoms with Gasteiger partial charge in [0.1, 0.15) is 0 Å². The Kier molecular flexibility index (Phi) is 4.80. The lowest BCUT2D eigenvalue weighted by molar-refractivity contribution is 0.103. The van der Waals surface area contributed by atoms with Crippen LogP contribution >= 0.6 is 0 Å². The van der Waals surface area contributed by atoms with E-state index in [1.165, 1.54) is 11.4 Å². The fourth-order valence-corrected chi connectivity index (χ4v) is 0.829. The zero-order valence-corrected chi connectivity index (χ0v) is 7.18. The van der Waals surface area contributed by atoms with Crippen LogP contribution in [0.3, 0.4) is 0 Å². The van der Waals surface area contributed by atoms with Crippen LogP contribution in [0.2, 0.25) is 0 Å². The van der Waals surface area contributed by atoms with Gasteiger partial charge in [0.25, 0.3) is 0 Å². The Hall–Kier alpha value is 0.0300. The summed E-state index contributed by atoms with van der Waals surface area (Å²) in [5, 5.41) is 0. The van der Waals surface area contributed by atoms with Crippen molar-refractivity contribution in [3.05, 3.63) is 0 Å². The van der Waals surface area contributed by atoms with Gasteiger partial charge in [-0.2, -0.15) is 0 Å². The molecular weight excluding hydrogens is 154 g/mol. The quantitative estimate of drug-likeness (QED) is 0.541. The molecule has 10 heavy (non-hydrogen) atoms. The van der Waals surface area contributed by atoms with E-state index < -0.39 is 11.3 Å². The second-order valence-corrected chi connectivity index (χ2v) is 3.13. The van der Waals surface area contributed by atoms with Crippen molar-refractivity contribution in [3.8, 4) is 0 Å². The number of rotatable bonds is 4. The van der Waals surface area contributed by atoms with Gasteiger partial charge in [-0.1, -0.05) is 0 Å². The smallest absolute Gasteiger partial charge is 0.0679 e. The maximum Gasteiger partial charge on any atom is 0.0679 e. The van der Waals surface area contributed by atoms with Crippen molar-refractivity contribution in [2.45, 2.75) is 13.0 Å². The van der Waals surface area contributed by atoms with Crippen LogP contribution in [-0.2, 0) is 16.0 Å². The van der Waals surface area contributed by atoms with Crippen molar-refractivity contribution in [1.29, 1.82) is 0 Å². The third kappa shape index (κ3) is 3.94. The van der Waals surface area contributed by atoms with Crippen LogP contribution in [0, 0.1) is 0 Å². The van der Waals surface area contributed by atoms with E-state index in [9.17, 15) is 8.76 Å². The van der Waals surface area contributed by atoms with Crippen molar-refractivity contribution < 1.29 is 13.5 Å². The van der Waals surface area contributed by atoms with Crippen LogP contribution in [0.15, 0.2) is 0 Å². The monoisotopic (exact) mass is 166 g/mol. The molecule has 4 nitrogen and oxygen atoms in total. The summed E-state index contributed by atoms with van der Waals surface area (Å²) < 4.78 is 26.5. The number of hydrogen-bond donors (Lipinski definition) is 0. The molecule has 0 aromatic rings. The minimum absolute atomic E-state index is 0.0529. The van der Waals surface area contributed by atoms with E-state index in [0.717, 1.165) is 0 Å². The second-order valence-electron chi connectivity index (χ2n) is 2.07. The molecule has 5 heteroatoms. The molecule has 0 fully saturated rings. The van der Waals surface area contributed by atoms with Gasteiger partial charge >= 0.3 is 0 Å². The summed E-state index contributed by atoms with van der Waals surface area (Å²) in [5.74, 6) is 0. The Balaban J connectivity index is 3.56. The van der Waals surface area contributed by atoms with Gasteiger partial charge < -0.3 is 9.29 Å². The summed E-state index contributed by atoms with van der Waals surface area (Å²) in [5.41, 5.74) is 0. The molecule has 0 saturated heterocycles. The van der Waals surface area contributed by atoms with Crippen molar-refractivity contribution in [2.75, 3.05) is 20.7 Å². The van der Waals surface area contributed by atoms with E-state index in [1.54, 1.807) is 7.11 Å². The molecule has 0 bridgehead atoms. The number of ether oxygens (including phenoxy) is 1. The first-order chi connectivity index (χ1) is 4.57. The molecule has 0 aliphatic rings.